The van der Waals surface area contributed by atoms with Gasteiger partial charge in [-0.2, -0.15) is 0 Å². The van der Waals surface area contributed by atoms with Crippen LogP contribution < -0.4 is 4.74 Å². The molecule has 0 aliphatic carbocycles. The molecule has 0 spiro atoms. The molecule has 3 heteroatoms. The molecule has 2 aromatic rings. The molecule has 0 unspecified atom stereocenters. The zero-order chi connectivity index (χ0) is 20.0. The first kappa shape index (κ1) is 22.0. The van der Waals surface area contributed by atoms with Gasteiger partial charge in [0, 0.05) is 19.5 Å². The maximum atomic E-state index is 12.6. The normalized spacial score (nSPS) is 10.6. The monoisotopic (exact) mass is 381 g/mol. The van der Waals surface area contributed by atoms with Gasteiger partial charge in [0.25, 0.3) is 0 Å². The van der Waals surface area contributed by atoms with E-state index >= 15 is 0 Å². The quantitative estimate of drug-likeness (QED) is 0.378. The number of hydrogen-bond acceptors (Lipinski definition) is 2. The molecule has 0 fully saturated rings. The summed E-state index contributed by atoms with van der Waals surface area (Å²) in [5.74, 6) is 1.15. The first-order chi connectivity index (χ1) is 13.7. The Kier molecular flexibility index (Phi) is 10.2. The number of carbonyl (C=O) groups excluding carboxylic acids is 1. The summed E-state index contributed by atoms with van der Waals surface area (Å²) in [6, 6.07) is 18.3. The van der Waals surface area contributed by atoms with Crippen LogP contribution in [0.1, 0.15) is 69.9 Å². The highest BCUT2D eigenvalue weighted by atomic mass is 16.5. The minimum absolute atomic E-state index is 0.286. The van der Waals surface area contributed by atoms with E-state index in [1.54, 1.807) is 0 Å². The van der Waals surface area contributed by atoms with Crippen molar-refractivity contribution >= 4 is 5.91 Å². The first-order valence-corrected chi connectivity index (χ1v) is 10.8. The SMILES string of the molecule is CCCCCCC(=O)N(CCCC)Cc1ccc(OCc2ccccc2)cc1. The third-order valence-electron chi connectivity index (χ3n) is 4.92. The Balaban J connectivity index is 1.87. The van der Waals surface area contributed by atoms with Gasteiger partial charge in [0.05, 0.1) is 0 Å². The minimum Gasteiger partial charge on any atom is -0.489 e. The summed E-state index contributed by atoms with van der Waals surface area (Å²) < 4.78 is 5.86. The third-order valence-corrected chi connectivity index (χ3v) is 4.92. The van der Waals surface area contributed by atoms with Gasteiger partial charge in [0.15, 0.2) is 0 Å². The molecule has 2 aromatic carbocycles. The van der Waals surface area contributed by atoms with Crippen LogP contribution in [-0.4, -0.2) is 17.4 Å². The Morgan fingerprint density at radius 3 is 2.21 bits per heavy atom. The maximum absolute atomic E-state index is 12.6. The fraction of sp³-hybridized carbons (Fsp3) is 0.480. The summed E-state index contributed by atoms with van der Waals surface area (Å²) in [6.45, 7) is 6.46. The second-order valence-corrected chi connectivity index (χ2v) is 7.40. The van der Waals surface area contributed by atoms with Gasteiger partial charge in [0.1, 0.15) is 12.4 Å². The topological polar surface area (TPSA) is 29.5 Å². The Bertz CT molecular complexity index is 667. The predicted molar refractivity (Wildman–Crippen MR) is 116 cm³/mol. The molecule has 0 saturated carbocycles. The van der Waals surface area contributed by atoms with Crippen LogP contribution in [0.25, 0.3) is 0 Å². The van der Waals surface area contributed by atoms with E-state index in [1.807, 2.05) is 35.2 Å². The highest BCUT2D eigenvalue weighted by Gasteiger charge is 2.13. The van der Waals surface area contributed by atoms with Crippen LogP contribution >= 0.6 is 0 Å². The molecule has 28 heavy (non-hydrogen) atoms. The Morgan fingerprint density at radius 2 is 1.54 bits per heavy atom. The molecule has 1 amide bonds. The summed E-state index contributed by atoms with van der Waals surface area (Å²) in [6.07, 6.45) is 7.39. The fourth-order valence-electron chi connectivity index (χ4n) is 3.15. The minimum atomic E-state index is 0.286. The average molecular weight is 382 g/mol. The lowest BCUT2D eigenvalue weighted by Gasteiger charge is -2.23. The van der Waals surface area contributed by atoms with Gasteiger partial charge in [0.2, 0.25) is 5.91 Å². The second-order valence-electron chi connectivity index (χ2n) is 7.40. The average Bonchev–Trinajstić information content (AvgIpc) is 2.74. The van der Waals surface area contributed by atoms with Crippen LogP contribution in [0.4, 0.5) is 0 Å². The molecule has 0 atom stereocenters. The number of ether oxygens (including phenoxy) is 1. The molecule has 0 radical (unpaired) electrons. The predicted octanol–water partition coefficient (Wildman–Crippen LogP) is 6.36. The lowest BCUT2D eigenvalue weighted by Crippen LogP contribution is -2.31. The van der Waals surface area contributed by atoms with Crippen molar-refractivity contribution in [3.05, 3.63) is 65.7 Å². The Hall–Kier alpha value is -2.29. The van der Waals surface area contributed by atoms with E-state index in [0.29, 0.717) is 19.6 Å². The molecule has 0 aromatic heterocycles. The van der Waals surface area contributed by atoms with Crippen LogP contribution in [0.3, 0.4) is 0 Å². The van der Waals surface area contributed by atoms with Gasteiger partial charge in [-0.1, -0.05) is 82.0 Å². The Morgan fingerprint density at radius 1 is 0.821 bits per heavy atom. The zero-order valence-corrected chi connectivity index (χ0v) is 17.5. The van der Waals surface area contributed by atoms with Crippen molar-refractivity contribution in [2.24, 2.45) is 0 Å². The van der Waals surface area contributed by atoms with Crippen LogP contribution in [0.5, 0.6) is 5.75 Å². The van der Waals surface area contributed by atoms with Crippen molar-refractivity contribution in [3.8, 4) is 5.75 Å². The van der Waals surface area contributed by atoms with Gasteiger partial charge >= 0.3 is 0 Å². The highest BCUT2D eigenvalue weighted by Crippen LogP contribution is 2.17. The van der Waals surface area contributed by atoms with Crippen molar-refractivity contribution < 1.29 is 9.53 Å². The molecular formula is C25H35NO2. The molecule has 0 heterocycles. The van der Waals surface area contributed by atoms with Crippen molar-refractivity contribution in [1.29, 1.82) is 0 Å². The van der Waals surface area contributed by atoms with Crippen molar-refractivity contribution in [1.82, 2.24) is 4.90 Å². The molecule has 0 aliphatic rings. The number of rotatable bonds is 13. The van der Waals surface area contributed by atoms with Crippen LogP contribution in [0, 0.1) is 0 Å². The molecule has 3 nitrogen and oxygen atoms in total. The fourth-order valence-corrected chi connectivity index (χ4v) is 3.15. The number of benzene rings is 2. The molecule has 0 aliphatic heterocycles. The lowest BCUT2D eigenvalue weighted by molar-refractivity contribution is -0.132. The molecule has 0 N–H and O–H groups in total. The standard InChI is InChI=1S/C25H35NO2/c1-3-5-7-11-14-25(27)26(19-6-4-2)20-22-15-17-24(18-16-22)28-21-23-12-9-8-10-13-23/h8-10,12-13,15-18H,3-7,11,14,19-21H2,1-2H3. The summed E-state index contributed by atoms with van der Waals surface area (Å²) in [5.41, 5.74) is 2.32. The first-order valence-electron chi connectivity index (χ1n) is 10.8. The molecule has 0 saturated heterocycles. The van der Waals surface area contributed by atoms with Gasteiger partial charge in [-0.05, 0) is 36.1 Å². The lowest BCUT2D eigenvalue weighted by atomic mass is 10.1. The molecule has 152 valence electrons. The van der Waals surface area contributed by atoms with E-state index in [9.17, 15) is 4.79 Å². The molecular weight excluding hydrogens is 346 g/mol. The zero-order valence-electron chi connectivity index (χ0n) is 17.5. The molecule has 0 bridgehead atoms. The number of unbranched alkanes of at least 4 members (excludes halogenated alkanes) is 4. The van der Waals surface area contributed by atoms with E-state index in [-0.39, 0.29) is 5.91 Å². The van der Waals surface area contributed by atoms with Gasteiger partial charge < -0.3 is 9.64 Å². The maximum Gasteiger partial charge on any atom is 0.222 e. The third kappa shape index (κ3) is 8.16. The van der Waals surface area contributed by atoms with Crippen LogP contribution in [0.15, 0.2) is 54.6 Å². The summed E-state index contributed by atoms with van der Waals surface area (Å²) in [4.78, 5) is 14.7. The molecule has 2 rings (SSSR count). The highest BCUT2D eigenvalue weighted by molar-refractivity contribution is 5.76. The smallest absolute Gasteiger partial charge is 0.222 e. The van der Waals surface area contributed by atoms with E-state index in [4.69, 9.17) is 4.74 Å². The Labute approximate surface area is 170 Å². The van der Waals surface area contributed by atoms with E-state index in [2.05, 4.69) is 38.1 Å². The van der Waals surface area contributed by atoms with Crippen molar-refractivity contribution in [2.45, 2.75) is 71.9 Å². The van der Waals surface area contributed by atoms with Crippen LogP contribution in [0.2, 0.25) is 0 Å². The number of carbonyl (C=O) groups is 1. The summed E-state index contributed by atoms with van der Waals surface area (Å²) in [5, 5.41) is 0. The summed E-state index contributed by atoms with van der Waals surface area (Å²) >= 11 is 0. The van der Waals surface area contributed by atoms with Gasteiger partial charge in [-0.25, -0.2) is 0 Å². The van der Waals surface area contributed by atoms with Crippen molar-refractivity contribution in [2.75, 3.05) is 6.54 Å². The largest absolute Gasteiger partial charge is 0.489 e. The number of nitrogens with zero attached hydrogens (tertiary/aromatic N) is 1. The van der Waals surface area contributed by atoms with Gasteiger partial charge in [-0.3, -0.25) is 4.79 Å². The van der Waals surface area contributed by atoms with Gasteiger partial charge in [-0.15, -0.1) is 0 Å². The van der Waals surface area contributed by atoms with E-state index in [1.165, 1.54) is 12.8 Å². The summed E-state index contributed by atoms with van der Waals surface area (Å²) in [7, 11) is 0. The number of hydrogen-bond donors (Lipinski definition) is 0. The van der Waals surface area contributed by atoms with E-state index < -0.39 is 0 Å². The number of amides is 1. The van der Waals surface area contributed by atoms with Crippen molar-refractivity contribution in [3.63, 3.8) is 0 Å². The van der Waals surface area contributed by atoms with Crippen LogP contribution in [-0.2, 0) is 17.9 Å². The second kappa shape index (κ2) is 13.0. The van der Waals surface area contributed by atoms with E-state index in [0.717, 1.165) is 49.1 Å².